The number of ether oxygens (including phenoxy) is 1. The summed E-state index contributed by atoms with van der Waals surface area (Å²) in [5.74, 6) is 0.487. The van der Waals surface area contributed by atoms with E-state index in [1.807, 2.05) is 43.3 Å². The number of aromatic nitrogens is 1. The Morgan fingerprint density at radius 2 is 2.12 bits per heavy atom. The van der Waals surface area contributed by atoms with E-state index in [4.69, 9.17) is 4.74 Å². The molecule has 3 heteroatoms. The molecule has 0 amide bonds. The monoisotopic (exact) mass is 225 g/mol. The molecule has 0 saturated carbocycles. The summed E-state index contributed by atoms with van der Waals surface area (Å²) in [5, 5.41) is 0. The Labute approximate surface area is 99.1 Å². The molecule has 17 heavy (non-hydrogen) atoms. The number of nitrogens with zero attached hydrogens (tertiary/aromatic N) is 1. The van der Waals surface area contributed by atoms with Gasteiger partial charge in [-0.2, -0.15) is 0 Å². The average molecular weight is 225 g/mol. The second-order valence-electron chi connectivity index (χ2n) is 4.14. The van der Waals surface area contributed by atoms with Crippen LogP contribution in [0.3, 0.4) is 0 Å². The van der Waals surface area contributed by atoms with Crippen molar-refractivity contribution in [1.82, 2.24) is 4.98 Å². The van der Waals surface area contributed by atoms with E-state index in [2.05, 4.69) is 4.98 Å². The minimum atomic E-state index is -0.186. The number of rotatable bonds is 1. The molecule has 1 aromatic carbocycles. The molecular formula is C14H11NO2. The summed E-state index contributed by atoms with van der Waals surface area (Å²) in [6.07, 6.45) is 0.356. The highest BCUT2D eigenvalue weighted by atomic mass is 16.5. The van der Waals surface area contributed by atoms with Crippen molar-refractivity contribution in [1.29, 1.82) is 0 Å². The van der Waals surface area contributed by atoms with E-state index < -0.39 is 0 Å². The van der Waals surface area contributed by atoms with Crippen molar-refractivity contribution in [3.63, 3.8) is 0 Å². The van der Waals surface area contributed by atoms with Gasteiger partial charge in [0.25, 0.3) is 0 Å². The molecule has 2 heterocycles. The van der Waals surface area contributed by atoms with Crippen LogP contribution < -0.4 is 4.74 Å². The summed E-state index contributed by atoms with van der Waals surface area (Å²) in [7, 11) is 0. The molecule has 0 spiro atoms. The van der Waals surface area contributed by atoms with E-state index >= 15 is 0 Å². The number of benzene rings is 1. The number of pyridine rings is 1. The molecule has 1 aromatic heterocycles. The van der Waals surface area contributed by atoms with E-state index in [0.717, 1.165) is 22.5 Å². The van der Waals surface area contributed by atoms with E-state index in [9.17, 15) is 4.79 Å². The van der Waals surface area contributed by atoms with Crippen LogP contribution in [0.5, 0.6) is 5.75 Å². The number of carbonyl (C=O) groups excluding carboxylic acids is 1. The molecule has 0 atom stereocenters. The second kappa shape index (κ2) is 3.70. The fourth-order valence-corrected chi connectivity index (χ4v) is 1.99. The number of fused-ring (bicyclic) bond motifs is 1. The van der Waals surface area contributed by atoms with Crippen LogP contribution in [0.1, 0.15) is 11.3 Å². The molecular weight excluding hydrogens is 214 g/mol. The second-order valence-corrected chi connectivity index (χ2v) is 4.14. The van der Waals surface area contributed by atoms with E-state index in [1.54, 1.807) is 0 Å². The Balaban J connectivity index is 2.06. The first-order valence-corrected chi connectivity index (χ1v) is 5.50. The van der Waals surface area contributed by atoms with Gasteiger partial charge in [0.1, 0.15) is 5.75 Å². The van der Waals surface area contributed by atoms with E-state index in [0.29, 0.717) is 12.2 Å². The molecule has 2 aromatic rings. The predicted molar refractivity (Wildman–Crippen MR) is 63.7 cm³/mol. The number of esters is 1. The van der Waals surface area contributed by atoms with Crippen molar-refractivity contribution in [3.8, 4) is 17.0 Å². The van der Waals surface area contributed by atoms with Crippen molar-refractivity contribution in [2.45, 2.75) is 13.3 Å². The van der Waals surface area contributed by atoms with Gasteiger partial charge in [-0.1, -0.05) is 6.07 Å². The van der Waals surface area contributed by atoms with Crippen LogP contribution in [-0.4, -0.2) is 11.0 Å². The van der Waals surface area contributed by atoms with Crippen molar-refractivity contribution in [2.24, 2.45) is 0 Å². The lowest BCUT2D eigenvalue weighted by molar-refractivity contribution is -0.131. The lowest BCUT2D eigenvalue weighted by Crippen LogP contribution is -2.00. The lowest BCUT2D eigenvalue weighted by atomic mass is 10.1. The van der Waals surface area contributed by atoms with Gasteiger partial charge < -0.3 is 4.74 Å². The van der Waals surface area contributed by atoms with Gasteiger partial charge in [0.05, 0.1) is 12.1 Å². The highest BCUT2D eigenvalue weighted by Gasteiger charge is 2.20. The summed E-state index contributed by atoms with van der Waals surface area (Å²) in [4.78, 5) is 15.6. The number of carbonyl (C=O) groups is 1. The maximum Gasteiger partial charge on any atom is 0.315 e. The molecule has 0 bridgehead atoms. The molecule has 0 aliphatic carbocycles. The van der Waals surface area contributed by atoms with Crippen LogP contribution in [-0.2, 0) is 11.2 Å². The number of aryl methyl sites for hydroxylation is 1. The van der Waals surface area contributed by atoms with Crippen LogP contribution in [0.25, 0.3) is 11.3 Å². The number of hydrogen-bond acceptors (Lipinski definition) is 3. The SMILES string of the molecule is Cc1cccc(-c2ccc3c(c2)CC(=O)O3)n1. The minimum absolute atomic E-state index is 0.186. The largest absolute Gasteiger partial charge is 0.426 e. The van der Waals surface area contributed by atoms with Crippen molar-refractivity contribution < 1.29 is 9.53 Å². The summed E-state index contributed by atoms with van der Waals surface area (Å²) >= 11 is 0. The Morgan fingerprint density at radius 1 is 1.24 bits per heavy atom. The fraction of sp³-hybridized carbons (Fsp3) is 0.143. The van der Waals surface area contributed by atoms with Gasteiger partial charge in [-0.25, -0.2) is 0 Å². The lowest BCUT2D eigenvalue weighted by Gasteiger charge is -2.03. The van der Waals surface area contributed by atoms with Crippen molar-refractivity contribution in [2.75, 3.05) is 0 Å². The van der Waals surface area contributed by atoms with Crippen LogP contribution in [0, 0.1) is 6.92 Å². The maximum absolute atomic E-state index is 11.2. The molecule has 84 valence electrons. The third kappa shape index (κ3) is 1.80. The van der Waals surface area contributed by atoms with Gasteiger partial charge in [0.15, 0.2) is 0 Å². The zero-order valence-electron chi connectivity index (χ0n) is 9.43. The van der Waals surface area contributed by atoms with Crippen molar-refractivity contribution >= 4 is 5.97 Å². The molecule has 0 radical (unpaired) electrons. The minimum Gasteiger partial charge on any atom is -0.426 e. The Bertz CT molecular complexity index is 605. The molecule has 3 nitrogen and oxygen atoms in total. The van der Waals surface area contributed by atoms with Crippen LogP contribution in [0.15, 0.2) is 36.4 Å². The number of hydrogen-bond donors (Lipinski definition) is 0. The molecule has 1 aliphatic heterocycles. The molecule has 0 N–H and O–H groups in total. The third-order valence-electron chi connectivity index (χ3n) is 2.80. The summed E-state index contributed by atoms with van der Waals surface area (Å²) < 4.78 is 5.06. The summed E-state index contributed by atoms with van der Waals surface area (Å²) in [5.41, 5.74) is 3.86. The van der Waals surface area contributed by atoms with Crippen LogP contribution in [0.2, 0.25) is 0 Å². The first-order valence-electron chi connectivity index (χ1n) is 5.50. The molecule has 0 unspecified atom stereocenters. The molecule has 0 saturated heterocycles. The zero-order chi connectivity index (χ0) is 11.8. The molecule has 3 rings (SSSR count). The Kier molecular flexibility index (Phi) is 2.18. The van der Waals surface area contributed by atoms with Crippen LogP contribution >= 0.6 is 0 Å². The van der Waals surface area contributed by atoms with Crippen LogP contribution in [0.4, 0.5) is 0 Å². The Hall–Kier alpha value is -2.16. The van der Waals surface area contributed by atoms with Gasteiger partial charge in [0, 0.05) is 16.8 Å². The highest BCUT2D eigenvalue weighted by molar-refractivity contribution is 5.82. The van der Waals surface area contributed by atoms with E-state index in [1.165, 1.54) is 0 Å². The smallest absolute Gasteiger partial charge is 0.315 e. The van der Waals surface area contributed by atoms with Crippen molar-refractivity contribution in [3.05, 3.63) is 47.7 Å². The van der Waals surface area contributed by atoms with Gasteiger partial charge in [0.2, 0.25) is 0 Å². The first-order chi connectivity index (χ1) is 8.22. The summed E-state index contributed by atoms with van der Waals surface area (Å²) in [6.45, 7) is 1.96. The highest BCUT2D eigenvalue weighted by Crippen LogP contribution is 2.30. The van der Waals surface area contributed by atoms with E-state index in [-0.39, 0.29) is 5.97 Å². The fourth-order valence-electron chi connectivity index (χ4n) is 1.99. The molecule has 1 aliphatic rings. The Morgan fingerprint density at radius 3 is 2.94 bits per heavy atom. The summed E-state index contributed by atoms with van der Waals surface area (Å²) in [6, 6.07) is 11.6. The zero-order valence-corrected chi connectivity index (χ0v) is 9.43. The van der Waals surface area contributed by atoms with Gasteiger partial charge in [-0.15, -0.1) is 0 Å². The average Bonchev–Trinajstić information content (AvgIpc) is 2.68. The van der Waals surface area contributed by atoms with Gasteiger partial charge >= 0.3 is 5.97 Å². The third-order valence-corrected chi connectivity index (χ3v) is 2.80. The predicted octanol–water partition coefficient (Wildman–Crippen LogP) is 2.52. The first kappa shape index (κ1) is 10.0. The van der Waals surface area contributed by atoms with Gasteiger partial charge in [-0.05, 0) is 37.3 Å². The quantitative estimate of drug-likeness (QED) is 0.553. The normalized spacial score (nSPS) is 13.4. The molecule has 0 fully saturated rings. The van der Waals surface area contributed by atoms with Gasteiger partial charge in [-0.3, -0.25) is 9.78 Å². The maximum atomic E-state index is 11.2. The standard InChI is InChI=1S/C14H11NO2/c1-9-3-2-4-12(15-9)10-5-6-13-11(7-10)8-14(16)17-13/h2-7H,8H2,1H3. The topological polar surface area (TPSA) is 39.2 Å².